The minimum atomic E-state index is -0.856. The van der Waals surface area contributed by atoms with Crippen molar-refractivity contribution in [3.05, 3.63) is 0 Å². The molecule has 0 radical (unpaired) electrons. The van der Waals surface area contributed by atoms with E-state index in [1.807, 2.05) is 0 Å². The highest BCUT2D eigenvalue weighted by Gasteiger charge is 2.57. The Morgan fingerprint density at radius 1 is 1.55 bits per heavy atom. The van der Waals surface area contributed by atoms with E-state index in [9.17, 15) is 4.79 Å². The van der Waals surface area contributed by atoms with Crippen molar-refractivity contribution in [2.75, 3.05) is 0 Å². The van der Waals surface area contributed by atoms with E-state index in [4.69, 9.17) is 10.8 Å². The second kappa shape index (κ2) is 2.35. The summed E-state index contributed by atoms with van der Waals surface area (Å²) in [6.07, 6.45) is 2.79. The Kier molecular flexibility index (Phi) is 1.89. The van der Waals surface area contributed by atoms with Crippen molar-refractivity contribution in [3.63, 3.8) is 0 Å². The molecule has 3 nitrogen and oxygen atoms in total. The highest BCUT2D eigenvalue weighted by molar-refractivity contribution is 5.85. The summed E-state index contributed by atoms with van der Waals surface area (Å²) in [5.41, 5.74) is 4.83. The SMILES string of the molecule is Cl.NC1(C(=O)O)CC2CC1C2. The number of hydrogen-bond donors (Lipinski definition) is 2. The van der Waals surface area contributed by atoms with Crippen LogP contribution < -0.4 is 5.73 Å². The van der Waals surface area contributed by atoms with Crippen molar-refractivity contribution in [3.8, 4) is 0 Å². The van der Waals surface area contributed by atoms with Crippen LogP contribution in [0.2, 0.25) is 0 Å². The van der Waals surface area contributed by atoms with Crippen LogP contribution in [0.15, 0.2) is 0 Å². The Bertz CT molecular complexity index is 191. The third kappa shape index (κ3) is 0.948. The summed E-state index contributed by atoms with van der Waals surface area (Å²) in [5.74, 6) is 0.0820. The largest absolute Gasteiger partial charge is 0.480 e. The molecule has 3 N–H and O–H groups in total. The van der Waals surface area contributed by atoms with Gasteiger partial charge < -0.3 is 10.8 Å². The van der Waals surface area contributed by atoms with Crippen LogP contribution in [0.5, 0.6) is 0 Å². The van der Waals surface area contributed by atoms with Crippen molar-refractivity contribution < 1.29 is 9.90 Å². The summed E-state index contributed by atoms with van der Waals surface area (Å²) < 4.78 is 0. The molecule has 3 aliphatic carbocycles. The minimum Gasteiger partial charge on any atom is -0.480 e. The molecular weight excluding hydrogens is 166 g/mol. The van der Waals surface area contributed by atoms with E-state index in [-0.39, 0.29) is 18.3 Å². The van der Waals surface area contributed by atoms with E-state index in [1.165, 1.54) is 0 Å². The van der Waals surface area contributed by atoms with E-state index in [1.54, 1.807) is 0 Å². The molecule has 0 aliphatic heterocycles. The molecule has 2 bridgehead atoms. The highest BCUT2D eigenvalue weighted by atomic mass is 35.5. The van der Waals surface area contributed by atoms with Gasteiger partial charge in [-0.3, -0.25) is 4.79 Å². The van der Waals surface area contributed by atoms with Gasteiger partial charge in [0.15, 0.2) is 0 Å². The van der Waals surface area contributed by atoms with Gasteiger partial charge in [-0.2, -0.15) is 0 Å². The van der Waals surface area contributed by atoms with Gasteiger partial charge in [-0.15, -0.1) is 12.4 Å². The lowest BCUT2D eigenvalue weighted by atomic mass is 9.80. The van der Waals surface area contributed by atoms with Crippen LogP contribution in [0.1, 0.15) is 19.3 Å². The first-order valence-electron chi connectivity index (χ1n) is 3.65. The van der Waals surface area contributed by atoms with Crippen LogP contribution in [-0.4, -0.2) is 16.6 Å². The monoisotopic (exact) mass is 177 g/mol. The van der Waals surface area contributed by atoms with Crippen LogP contribution in [0.25, 0.3) is 0 Å². The lowest BCUT2D eigenvalue weighted by Crippen LogP contribution is -2.49. The van der Waals surface area contributed by atoms with Gasteiger partial charge in [0.2, 0.25) is 0 Å². The third-order valence-corrected chi connectivity index (χ3v) is 2.99. The number of hydrogen-bond acceptors (Lipinski definition) is 2. The first kappa shape index (κ1) is 8.81. The van der Waals surface area contributed by atoms with Gasteiger partial charge in [-0.05, 0) is 31.1 Å². The van der Waals surface area contributed by atoms with Crippen molar-refractivity contribution in [2.24, 2.45) is 17.6 Å². The zero-order valence-corrected chi connectivity index (χ0v) is 6.93. The van der Waals surface area contributed by atoms with Gasteiger partial charge in [0.1, 0.15) is 5.54 Å². The second-order valence-corrected chi connectivity index (χ2v) is 3.58. The third-order valence-electron chi connectivity index (χ3n) is 2.99. The quantitative estimate of drug-likeness (QED) is 0.617. The molecular formula is C7H12ClNO2. The lowest BCUT2D eigenvalue weighted by molar-refractivity contribution is -0.144. The summed E-state index contributed by atoms with van der Waals surface area (Å²) in [5, 5.41) is 8.74. The zero-order chi connectivity index (χ0) is 7.35. The first-order chi connectivity index (χ1) is 4.63. The van der Waals surface area contributed by atoms with Crippen molar-refractivity contribution in [1.82, 2.24) is 0 Å². The van der Waals surface area contributed by atoms with E-state index in [0.717, 1.165) is 12.8 Å². The van der Waals surface area contributed by atoms with E-state index < -0.39 is 11.5 Å². The summed E-state index contributed by atoms with van der Waals surface area (Å²) in [6, 6.07) is 0. The summed E-state index contributed by atoms with van der Waals surface area (Å²) in [6.45, 7) is 0. The predicted octanol–water partition coefficient (Wildman–Crippen LogP) is 0.620. The van der Waals surface area contributed by atoms with Gasteiger partial charge in [0, 0.05) is 0 Å². The smallest absolute Gasteiger partial charge is 0.323 e. The van der Waals surface area contributed by atoms with Crippen LogP contribution in [-0.2, 0) is 4.79 Å². The Morgan fingerprint density at radius 2 is 2.09 bits per heavy atom. The van der Waals surface area contributed by atoms with Gasteiger partial charge in [-0.25, -0.2) is 0 Å². The number of halogens is 1. The van der Waals surface area contributed by atoms with Gasteiger partial charge in [-0.1, -0.05) is 0 Å². The topological polar surface area (TPSA) is 63.3 Å². The molecule has 3 fully saturated rings. The van der Waals surface area contributed by atoms with Gasteiger partial charge in [0.25, 0.3) is 0 Å². The summed E-state index contributed by atoms with van der Waals surface area (Å²) in [4.78, 5) is 10.6. The summed E-state index contributed by atoms with van der Waals surface area (Å²) in [7, 11) is 0. The van der Waals surface area contributed by atoms with Crippen LogP contribution in [0.3, 0.4) is 0 Å². The maximum atomic E-state index is 10.6. The Hall–Kier alpha value is -0.280. The Labute approximate surface area is 71.4 Å². The lowest BCUT2D eigenvalue weighted by Gasteiger charge is -2.27. The predicted molar refractivity (Wildman–Crippen MR) is 42.6 cm³/mol. The zero-order valence-electron chi connectivity index (χ0n) is 6.12. The number of fused-ring (bicyclic) bond motifs is 1. The molecule has 0 spiro atoms. The van der Waals surface area contributed by atoms with Crippen LogP contribution >= 0.6 is 12.4 Å². The number of carboxylic acid groups (broad SMARTS) is 1. The fourth-order valence-electron chi connectivity index (χ4n) is 2.23. The van der Waals surface area contributed by atoms with E-state index in [0.29, 0.717) is 12.3 Å². The molecule has 4 heteroatoms. The summed E-state index contributed by atoms with van der Waals surface area (Å²) >= 11 is 0. The first-order valence-corrected chi connectivity index (χ1v) is 3.65. The van der Waals surface area contributed by atoms with E-state index >= 15 is 0 Å². The maximum absolute atomic E-state index is 10.6. The number of carbonyl (C=O) groups is 1. The average molecular weight is 178 g/mol. The molecule has 0 aromatic rings. The molecule has 0 heterocycles. The van der Waals surface area contributed by atoms with Crippen molar-refractivity contribution >= 4 is 18.4 Å². The molecule has 3 aliphatic rings. The van der Waals surface area contributed by atoms with Crippen LogP contribution in [0.4, 0.5) is 0 Å². The number of carboxylic acids is 1. The number of rotatable bonds is 1. The molecule has 0 aromatic carbocycles. The molecule has 0 amide bonds. The molecule has 1 unspecified atom stereocenters. The van der Waals surface area contributed by atoms with Crippen molar-refractivity contribution in [2.45, 2.75) is 24.8 Å². The normalized spacial score (nSPS) is 45.9. The molecule has 1 atom stereocenters. The van der Waals surface area contributed by atoms with Gasteiger partial charge in [0.05, 0.1) is 0 Å². The molecule has 0 aromatic heterocycles. The second-order valence-electron chi connectivity index (χ2n) is 3.58. The maximum Gasteiger partial charge on any atom is 0.323 e. The standard InChI is InChI=1S/C7H11NO2.ClH/c8-7(6(9)10)3-4-1-5(7)2-4;/h4-5H,1-3,8H2,(H,9,10);1H. The Morgan fingerprint density at radius 3 is 2.27 bits per heavy atom. The Balaban J connectivity index is 0.000000605. The van der Waals surface area contributed by atoms with E-state index in [2.05, 4.69) is 0 Å². The van der Waals surface area contributed by atoms with Crippen molar-refractivity contribution in [1.29, 1.82) is 0 Å². The number of nitrogens with two attached hydrogens (primary N) is 1. The molecule has 64 valence electrons. The fourth-order valence-corrected chi connectivity index (χ4v) is 2.23. The van der Waals surface area contributed by atoms with Gasteiger partial charge >= 0.3 is 5.97 Å². The minimum absolute atomic E-state index is 0. The van der Waals surface area contributed by atoms with Crippen LogP contribution in [0, 0.1) is 11.8 Å². The molecule has 0 saturated heterocycles. The highest BCUT2D eigenvalue weighted by Crippen LogP contribution is 2.53. The fraction of sp³-hybridized carbons (Fsp3) is 0.857. The molecule has 11 heavy (non-hydrogen) atoms. The molecule has 3 rings (SSSR count). The average Bonchev–Trinajstić information content (AvgIpc) is 2.17. The number of aliphatic carboxylic acids is 1. The molecule has 3 saturated carbocycles.